The van der Waals surface area contributed by atoms with Gasteiger partial charge in [-0.05, 0) is 48.9 Å². The molecule has 2 aromatic rings. The number of rotatable bonds is 6. The smallest absolute Gasteiger partial charge is 0.331 e. The Morgan fingerprint density at radius 2 is 1.96 bits per heavy atom. The highest BCUT2D eigenvalue weighted by Gasteiger charge is 2.21. The minimum atomic E-state index is -1.03. The number of halogens is 3. The Balaban J connectivity index is 1.93. The Labute approximate surface area is 164 Å². The Kier molecular flexibility index (Phi) is 7.24. The molecule has 0 aromatic heterocycles. The molecule has 0 aliphatic carbocycles. The van der Waals surface area contributed by atoms with Crippen LogP contribution in [-0.2, 0) is 20.9 Å². The van der Waals surface area contributed by atoms with E-state index < -0.39 is 29.6 Å². The Bertz CT molecular complexity index is 870. The van der Waals surface area contributed by atoms with Crippen molar-refractivity contribution in [2.75, 3.05) is 7.05 Å². The number of ether oxygens (including phenoxy) is 1. The quantitative estimate of drug-likeness (QED) is 0.499. The van der Waals surface area contributed by atoms with Gasteiger partial charge in [0.05, 0.1) is 0 Å². The summed E-state index contributed by atoms with van der Waals surface area (Å²) in [5, 5.41) is 0. The summed E-state index contributed by atoms with van der Waals surface area (Å²) in [6.45, 7) is 1.62. The number of hydrogen-bond acceptors (Lipinski definition) is 3. The predicted octanol–water partition coefficient (Wildman–Crippen LogP) is 4.33. The zero-order valence-electron chi connectivity index (χ0n) is 14.8. The van der Waals surface area contributed by atoms with Crippen LogP contribution in [0.4, 0.5) is 8.78 Å². The lowest BCUT2D eigenvalue weighted by Crippen LogP contribution is -2.36. The highest BCUT2D eigenvalue weighted by atomic mass is 79.9. The van der Waals surface area contributed by atoms with Crippen molar-refractivity contribution in [1.82, 2.24) is 4.90 Å². The number of amides is 1. The lowest BCUT2D eigenvalue weighted by Gasteiger charge is -2.21. The van der Waals surface area contributed by atoms with Gasteiger partial charge >= 0.3 is 5.97 Å². The number of hydrogen-bond donors (Lipinski definition) is 0. The van der Waals surface area contributed by atoms with Gasteiger partial charge in [-0.25, -0.2) is 13.6 Å². The lowest BCUT2D eigenvalue weighted by atomic mass is 10.2. The van der Waals surface area contributed by atoms with Crippen LogP contribution in [0.15, 0.2) is 53.0 Å². The Morgan fingerprint density at radius 3 is 2.67 bits per heavy atom. The number of esters is 1. The van der Waals surface area contributed by atoms with Crippen molar-refractivity contribution in [3.63, 3.8) is 0 Å². The molecule has 0 fully saturated rings. The van der Waals surface area contributed by atoms with Gasteiger partial charge in [-0.3, -0.25) is 4.79 Å². The lowest BCUT2D eigenvalue weighted by molar-refractivity contribution is -0.154. The summed E-state index contributed by atoms with van der Waals surface area (Å²) in [4.78, 5) is 25.5. The van der Waals surface area contributed by atoms with E-state index in [1.54, 1.807) is 18.2 Å². The fraction of sp³-hybridized carbons (Fsp3) is 0.200. The van der Waals surface area contributed by atoms with Crippen LogP contribution < -0.4 is 0 Å². The van der Waals surface area contributed by atoms with Crippen LogP contribution in [0.3, 0.4) is 0 Å². The highest BCUT2D eigenvalue weighted by molar-refractivity contribution is 9.10. The molecule has 0 saturated carbocycles. The van der Waals surface area contributed by atoms with Crippen molar-refractivity contribution in [3.05, 3.63) is 75.8 Å². The minimum absolute atomic E-state index is 0.178. The van der Waals surface area contributed by atoms with Crippen LogP contribution in [0.25, 0.3) is 6.08 Å². The van der Waals surface area contributed by atoms with E-state index in [4.69, 9.17) is 4.74 Å². The van der Waals surface area contributed by atoms with Crippen molar-refractivity contribution in [3.8, 4) is 0 Å². The number of carbonyl (C=O) groups excluding carboxylic acids is 2. The predicted molar refractivity (Wildman–Crippen MR) is 102 cm³/mol. The van der Waals surface area contributed by atoms with E-state index in [0.717, 1.165) is 6.08 Å². The van der Waals surface area contributed by atoms with Gasteiger partial charge in [-0.15, -0.1) is 0 Å². The van der Waals surface area contributed by atoms with Gasteiger partial charge in [0.1, 0.15) is 11.6 Å². The molecular weight excluding hydrogens is 420 g/mol. The molecule has 1 atom stereocenters. The highest BCUT2D eigenvalue weighted by Crippen LogP contribution is 2.17. The zero-order chi connectivity index (χ0) is 20.0. The van der Waals surface area contributed by atoms with Gasteiger partial charge in [0, 0.05) is 29.7 Å². The summed E-state index contributed by atoms with van der Waals surface area (Å²) >= 11 is 3.22. The average Bonchev–Trinajstić information content (AvgIpc) is 2.61. The van der Waals surface area contributed by atoms with E-state index in [1.807, 2.05) is 0 Å². The molecule has 0 aliphatic heterocycles. The largest absolute Gasteiger partial charge is 0.449 e. The van der Waals surface area contributed by atoms with Gasteiger partial charge < -0.3 is 9.64 Å². The topological polar surface area (TPSA) is 46.6 Å². The molecule has 1 amide bonds. The molecule has 0 heterocycles. The SMILES string of the molecule is CC(OC(=O)C=Cc1cc(Br)ccc1F)C(=O)N(C)Cc1cccc(F)c1. The molecular formula is C20H18BrF2NO3. The van der Waals surface area contributed by atoms with Gasteiger partial charge in [0.15, 0.2) is 6.10 Å². The van der Waals surface area contributed by atoms with Crippen LogP contribution >= 0.6 is 15.9 Å². The van der Waals surface area contributed by atoms with E-state index in [-0.39, 0.29) is 12.1 Å². The molecule has 2 aromatic carbocycles. The fourth-order valence-electron chi connectivity index (χ4n) is 2.36. The number of likely N-dealkylation sites (N-methyl/N-ethyl adjacent to an activating group) is 1. The first kappa shape index (κ1) is 20.8. The van der Waals surface area contributed by atoms with Crippen LogP contribution in [0, 0.1) is 11.6 Å². The molecule has 2 rings (SSSR count). The van der Waals surface area contributed by atoms with Crippen molar-refractivity contribution in [2.24, 2.45) is 0 Å². The molecule has 0 spiro atoms. The van der Waals surface area contributed by atoms with Crippen LogP contribution in [-0.4, -0.2) is 29.9 Å². The van der Waals surface area contributed by atoms with Crippen molar-refractivity contribution in [2.45, 2.75) is 19.6 Å². The summed E-state index contributed by atoms with van der Waals surface area (Å²) in [7, 11) is 1.53. The van der Waals surface area contributed by atoms with Crippen molar-refractivity contribution < 1.29 is 23.1 Å². The molecule has 0 N–H and O–H groups in total. The van der Waals surface area contributed by atoms with Crippen molar-refractivity contribution >= 4 is 33.9 Å². The molecule has 7 heteroatoms. The molecule has 1 unspecified atom stereocenters. The number of nitrogens with zero attached hydrogens (tertiary/aromatic N) is 1. The third-order valence-corrected chi connectivity index (χ3v) is 4.18. The fourth-order valence-corrected chi connectivity index (χ4v) is 2.74. The number of benzene rings is 2. The molecule has 4 nitrogen and oxygen atoms in total. The summed E-state index contributed by atoms with van der Waals surface area (Å²) in [5.74, 6) is -2.08. The molecule has 0 aliphatic rings. The van der Waals surface area contributed by atoms with Crippen LogP contribution in [0.5, 0.6) is 0 Å². The van der Waals surface area contributed by atoms with Gasteiger partial charge in [0.25, 0.3) is 5.91 Å². The molecule has 0 bridgehead atoms. The second kappa shape index (κ2) is 9.41. The Morgan fingerprint density at radius 1 is 1.22 bits per heavy atom. The normalized spacial score (nSPS) is 12.0. The molecule has 0 saturated heterocycles. The van der Waals surface area contributed by atoms with Crippen molar-refractivity contribution in [1.29, 1.82) is 0 Å². The van der Waals surface area contributed by atoms with E-state index in [1.165, 1.54) is 49.2 Å². The first-order valence-electron chi connectivity index (χ1n) is 8.09. The monoisotopic (exact) mass is 437 g/mol. The molecule has 142 valence electrons. The standard InChI is InChI=1S/C20H18BrF2NO3/c1-13(20(26)24(2)12-14-4-3-5-17(22)10-14)27-19(25)9-6-15-11-16(21)7-8-18(15)23/h3-11,13H,12H2,1-2H3. The van der Waals surface area contributed by atoms with E-state index >= 15 is 0 Å². The second-order valence-corrected chi connectivity index (χ2v) is 6.82. The maximum Gasteiger partial charge on any atom is 0.331 e. The van der Waals surface area contributed by atoms with Gasteiger partial charge in [-0.2, -0.15) is 0 Å². The average molecular weight is 438 g/mol. The minimum Gasteiger partial charge on any atom is -0.449 e. The first-order chi connectivity index (χ1) is 12.8. The van der Waals surface area contributed by atoms with Crippen LogP contribution in [0.2, 0.25) is 0 Å². The van der Waals surface area contributed by atoms with E-state index in [0.29, 0.717) is 10.0 Å². The van der Waals surface area contributed by atoms with E-state index in [9.17, 15) is 18.4 Å². The maximum atomic E-state index is 13.6. The van der Waals surface area contributed by atoms with Gasteiger partial charge in [0.2, 0.25) is 0 Å². The molecule has 0 radical (unpaired) electrons. The van der Waals surface area contributed by atoms with Crippen LogP contribution in [0.1, 0.15) is 18.1 Å². The summed E-state index contributed by atoms with van der Waals surface area (Å²) in [5.41, 5.74) is 0.831. The summed E-state index contributed by atoms with van der Waals surface area (Å²) in [6.07, 6.45) is 1.30. The van der Waals surface area contributed by atoms with Gasteiger partial charge in [-0.1, -0.05) is 28.1 Å². The third-order valence-electron chi connectivity index (χ3n) is 3.68. The van der Waals surface area contributed by atoms with E-state index in [2.05, 4.69) is 15.9 Å². The maximum absolute atomic E-state index is 13.6. The zero-order valence-corrected chi connectivity index (χ0v) is 16.4. The summed E-state index contributed by atoms with van der Waals surface area (Å²) in [6, 6.07) is 10.2. The second-order valence-electron chi connectivity index (χ2n) is 5.90. The molecule has 27 heavy (non-hydrogen) atoms. The third kappa shape index (κ3) is 6.29. The Hall–Kier alpha value is -2.54. The first-order valence-corrected chi connectivity index (χ1v) is 8.88. The summed E-state index contributed by atoms with van der Waals surface area (Å²) < 4.78 is 32.6. The number of carbonyl (C=O) groups is 2.